The van der Waals surface area contributed by atoms with E-state index in [9.17, 15) is 10.1 Å². The van der Waals surface area contributed by atoms with Crippen molar-refractivity contribution in [2.75, 3.05) is 7.11 Å². The van der Waals surface area contributed by atoms with E-state index in [0.29, 0.717) is 10.6 Å². The fourth-order valence-electron chi connectivity index (χ4n) is 2.38. The van der Waals surface area contributed by atoms with Gasteiger partial charge in [0, 0.05) is 4.90 Å². The third-order valence-corrected chi connectivity index (χ3v) is 4.69. The summed E-state index contributed by atoms with van der Waals surface area (Å²) in [7, 11) is 1.59. The molecule has 2 aromatic carbocycles. The maximum Gasteiger partial charge on any atom is 0.285 e. The number of hydrogen-bond donors (Lipinski definition) is 0. The Labute approximate surface area is 160 Å². The molecule has 132 valence electrons. The van der Waals surface area contributed by atoms with Gasteiger partial charge in [-0.25, -0.2) is 4.68 Å². The first-order valence-corrected chi connectivity index (χ1v) is 8.78. The van der Waals surface area contributed by atoms with E-state index >= 15 is 0 Å². The Kier molecular flexibility index (Phi) is 5.55. The van der Waals surface area contributed by atoms with Crippen LogP contribution in [0.15, 0.2) is 69.3 Å². The number of aromatic nitrogens is 2. The van der Waals surface area contributed by atoms with Crippen LogP contribution >= 0.6 is 11.8 Å². The van der Waals surface area contributed by atoms with E-state index in [1.54, 1.807) is 43.5 Å². The Morgan fingerprint density at radius 1 is 1.07 bits per heavy atom. The predicted molar refractivity (Wildman–Crippen MR) is 101 cm³/mol. The highest BCUT2D eigenvalue weighted by Gasteiger charge is 2.10. The lowest BCUT2D eigenvalue weighted by Crippen LogP contribution is -2.26. The molecule has 0 aliphatic rings. The van der Waals surface area contributed by atoms with Gasteiger partial charge in [-0.05, 0) is 48.0 Å². The molecule has 3 rings (SSSR count). The Bertz CT molecular complexity index is 1090. The van der Waals surface area contributed by atoms with Crippen molar-refractivity contribution in [3.05, 3.63) is 81.6 Å². The van der Waals surface area contributed by atoms with E-state index in [2.05, 4.69) is 11.2 Å². The molecule has 0 aliphatic heterocycles. The van der Waals surface area contributed by atoms with Crippen molar-refractivity contribution < 1.29 is 4.74 Å². The molecule has 1 heterocycles. The molecule has 3 aromatic rings. The number of ether oxygens (including phenoxy) is 1. The molecule has 0 spiro atoms. The molecule has 0 unspecified atom stereocenters. The van der Waals surface area contributed by atoms with Gasteiger partial charge in [0.2, 0.25) is 0 Å². The van der Waals surface area contributed by atoms with Crippen LogP contribution in [0.5, 0.6) is 5.75 Å². The minimum Gasteiger partial charge on any atom is -0.497 e. The normalized spacial score (nSPS) is 10.0. The molecule has 1 aromatic heterocycles. The molecule has 0 saturated carbocycles. The Morgan fingerprint density at radius 3 is 2.37 bits per heavy atom. The Morgan fingerprint density at radius 2 is 1.78 bits per heavy atom. The van der Waals surface area contributed by atoms with Gasteiger partial charge in [-0.1, -0.05) is 23.9 Å². The van der Waals surface area contributed by atoms with Gasteiger partial charge in [-0.15, -0.1) is 0 Å². The van der Waals surface area contributed by atoms with Crippen molar-refractivity contribution >= 4 is 11.8 Å². The Hall–Kier alpha value is -3.55. The maximum absolute atomic E-state index is 12.4. The largest absolute Gasteiger partial charge is 0.497 e. The van der Waals surface area contributed by atoms with E-state index in [1.165, 1.54) is 22.5 Å². The van der Waals surface area contributed by atoms with Crippen LogP contribution in [0, 0.1) is 22.7 Å². The zero-order chi connectivity index (χ0) is 19.2. The Balaban J connectivity index is 1.91. The summed E-state index contributed by atoms with van der Waals surface area (Å²) < 4.78 is 6.42. The fourth-order valence-corrected chi connectivity index (χ4v) is 3.21. The highest BCUT2D eigenvalue weighted by atomic mass is 32.2. The standard InChI is InChI=1S/C20H14N4O2S/c1-26-17-6-2-15(3-7-17)13-24-20(25)16(12-22)10-19(23-24)27-18-8-4-14(11-21)5-9-18/h2-10H,13H2,1H3. The van der Waals surface area contributed by atoms with Crippen LogP contribution in [0.25, 0.3) is 0 Å². The number of hydrogen-bond acceptors (Lipinski definition) is 6. The van der Waals surface area contributed by atoms with Crippen molar-refractivity contribution in [1.29, 1.82) is 10.5 Å². The highest BCUT2D eigenvalue weighted by molar-refractivity contribution is 7.99. The zero-order valence-corrected chi connectivity index (χ0v) is 15.2. The summed E-state index contributed by atoms with van der Waals surface area (Å²) in [5, 5.41) is 23.1. The minimum absolute atomic E-state index is 0.0367. The summed E-state index contributed by atoms with van der Waals surface area (Å²) in [5.74, 6) is 0.724. The van der Waals surface area contributed by atoms with Crippen LogP contribution in [0.1, 0.15) is 16.7 Å². The summed E-state index contributed by atoms with van der Waals surface area (Å²) in [4.78, 5) is 13.3. The van der Waals surface area contributed by atoms with E-state index in [4.69, 9.17) is 10.00 Å². The number of benzene rings is 2. The van der Waals surface area contributed by atoms with E-state index in [-0.39, 0.29) is 12.1 Å². The fraction of sp³-hybridized carbons (Fsp3) is 0.100. The minimum atomic E-state index is -0.433. The SMILES string of the molecule is COc1ccc(Cn2nc(Sc3ccc(C#N)cc3)cc(C#N)c2=O)cc1. The van der Waals surface area contributed by atoms with Crippen LogP contribution in [-0.4, -0.2) is 16.9 Å². The second-order valence-corrected chi connectivity index (χ2v) is 6.65. The second kappa shape index (κ2) is 8.22. The van der Waals surface area contributed by atoms with Gasteiger partial charge in [-0.2, -0.15) is 15.6 Å². The summed E-state index contributed by atoms with van der Waals surface area (Å²) in [6, 6.07) is 19.8. The van der Waals surface area contributed by atoms with Gasteiger partial charge in [0.05, 0.1) is 25.3 Å². The van der Waals surface area contributed by atoms with Crippen molar-refractivity contribution in [3.8, 4) is 17.9 Å². The maximum atomic E-state index is 12.4. The van der Waals surface area contributed by atoms with Crippen LogP contribution in [0.2, 0.25) is 0 Å². The van der Waals surface area contributed by atoms with Crippen LogP contribution in [0.4, 0.5) is 0 Å². The molecule has 0 radical (unpaired) electrons. The molecule has 0 bridgehead atoms. The molecule has 0 saturated heterocycles. The molecule has 27 heavy (non-hydrogen) atoms. The van der Waals surface area contributed by atoms with Crippen molar-refractivity contribution in [1.82, 2.24) is 9.78 Å². The van der Waals surface area contributed by atoms with Gasteiger partial charge in [0.25, 0.3) is 5.56 Å². The van der Waals surface area contributed by atoms with Crippen molar-refractivity contribution in [2.45, 2.75) is 16.5 Å². The molecule has 0 amide bonds. The average Bonchev–Trinajstić information content (AvgIpc) is 2.71. The van der Waals surface area contributed by atoms with Gasteiger partial charge in [-0.3, -0.25) is 4.79 Å². The van der Waals surface area contributed by atoms with Gasteiger partial charge < -0.3 is 4.74 Å². The lowest BCUT2D eigenvalue weighted by atomic mass is 10.2. The molecule has 0 N–H and O–H groups in total. The van der Waals surface area contributed by atoms with Crippen molar-refractivity contribution in [2.24, 2.45) is 0 Å². The van der Waals surface area contributed by atoms with Crippen LogP contribution < -0.4 is 10.3 Å². The molecule has 6 nitrogen and oxygen atoms in total. The van der Waals surface area contributed by atoms with E-state index in [1.807, 2.05) is 18.2 Å². The molecular weight excluding hydrogens is 360 g/mol. The van der Waals surface area contributed by atoms with E-state index < -0.39 is 5.56 Å². The molecule has 0 fully saturated rings. The molecule has 0 atom stereocenters. The van der Waals surface area contributed by atoms with Gasteiger partial charge in [0.15, 0.2) is 0 Å². The predicted octanol–water partition coefficient (Wildman–Crippen LogP) is 3.19. The molecular formula is C20H14N4O2S. The van der Waals surface area contributed by atoms with E-state index in [0.717, 1.165) is 16.2 Å². The number of nitriles is 2. The average molecular weight is 374 g/mol. The lowest BCUT2D eigenvalue weighted by Gasteiger charge is -2.09. The summed E-state index contributed by atoms with van der Waals surface area (Å²) in [6.45, 7) is 0.249. The van der Waals surface area contributed by atoms with Gasteiger partial charge in [0.1, 0.15) is 22.4 Å². The summed E-state index contributed by atoms with van der Waals surface area (Å²) in [5.41, 5.74) is 1.04. The van der Waals surface area contributed by atoms with Gasteiger partial charge >= 0.3 is 0 Å². The second-order valence-electron chi connectivity index (χ2n) is 5.56. The van der Waals surface area contributed by atoms with Crippen molar-refractivity contribution in [3.63, 3.8) is 0 Å². The quantitative estimate of drug-likeness (QED) is 0.681. The topological polar surface area (TPSA) is 91.7 Å². The number of rotatable bonds is 5. The number of methoxy groups -OCH3 is 1. The number of nitrogens with zero attached hydrogens (tertiary/aromatic N) is 4. The first-order chi connectivity index (χ1) is 13.1. The first-order valence-electron chi connectivity index (χ1n) is 7.96. The summed E-state index contributed by atoms with van der Waals surface area (Å²) in [6.07, 6.45) is 0. The smallest absolute Gasteiger partial charge is 0.285 e. The molecule has 0 aliphatic carbocycles. The lowest BCUT2D eigenvalue weighted by molar-refractivity contribution is 0.414. The highest BCUT2D eigenvalue weighted by Crippen LogP contribution is 2.26. The summed E-state index contributed by atoms with van der Waals surface area (Å²) >= 11 is 1.32. The third kappa shape index (κ3) is 4.35. The zero-order valence-electron chi connectivity index (χ0n) is 14.4. The monoisotopic (exact) mass is 374 g/mol. The first kappa shape index (κ1) is 18.2. The van der Waals surface area contributed by atoms with Crippen LogP contribution in [-0.2, 0) is 6.54 Å². The van der Waals surface area contributed by atoms with Crippen LogP contribution in [0.3, 0.4) is 0 Å². The third-order valence-electron chi connectivity index (χ3n) is 3.77. The molecule has 7 heteroatoms.